The van der Waals surface area contributed by atoms with Gasteiger partial charge in [-0.15, -0.1) is 0 Å². The number of Topliss-reactive ketones (excluding diaryl/α,β-unsaturated/α-hetero) is 1. The van der Waals surface area contributed by atoms with Crippen molar-refractivity contribution in [1.29, 1.82) is 0 Å². The molecule has 5 nitrogen and oxygen atoms in total. The van der Waals surface area contributed by atoms with Gasteiger partial charge in [-0.2, -0.15) is 0 Å². The SMILES string of the molecule is CC1C=C(C2=N/C(=C/c3ccc(CCC(=O)C4=CCCO4)cc3)C(O)C(C)O2)C=CC1. The molecule has 0 saturated heterocycles. The fourth-order valence-corrected chi connectivity index (χ4v) is 3.87. The van der Waals surface area contributed by atoms with Crippen molar-refractivity contribution in [3.63, 3.8) is 0 Å². The number of ketones is 1. The minimum absolute atomic E-state index is 0.0604. The molecule has 162 valence electrons. The minimum Gasteiger partial charge on any atom is -0.490 e. The zero-order valence-corrected chi connectivity index (χ0v) is 18.1. The van der Waals surface area contributed by atoms with Crippen LogP contribution in [0.5, 0.6) is 0 Å². The molecule has 2 heterocycles. The summed E-state index contributed by atoms with van der Waals surface area (Å²) in [6, 6.07) is 8.00. The maximum atomic E-state index is 12.1. The molecule has 1 aliphatic carbocycles. The van der Waals surface area contributed by atoms with Crippen LogP contribution in [0.15, 0.2) is 70.6 Å². The third-order valence-corrected chi connectivity index (χ3v) is 5.71. The molecule has 3 aliphatic rings. The Morgan fingerprint density at radius 1 is 1.26 bits per heavy atom. The van der Waals surface area contributed by atoms with Gasteiger partial charge in [0, 0.05) is 18.4 Å². The summed E-state index contributed by atoms with van der Waals surface area (Å²) in [6.45, 7) is 4.62. The van der Waals surface area contributed by atoms with E-state index in [-0.39, 0.29) is 11.9 Å². The highest BCUT2D eigenvalue weighted by molar-refractivity contribution is 5.98. The second-order valence-electron chi connectivity index (χ2n) is 8.36. The number of carbonyl (C=O) groups is 1. The lowest BCUT2D eigenvalue weighted by atomic mass is 9.97. The number of hydrogen-bond acceptors (Lipinski definition) is 5. The summed E-state index contributed by atoms with van der Waals surface area (Å²) < 4.78 is 11.2. The predicted molar refractivity (Wildman–Crippen MR) is 121 cm³/mol. The molecule has 0 radical (unpaired) electrons. The summed E-state index contributed by atoms with van der Waals surface area (Å²) in [7, 11) is 0. The topological polar surface area (TPSA) is 68.1 Å². The maximum Gasteiger partial charge on any atom is 0.221 e. The fourth-order valence-electron chi connectivity index (χ4n) is 3.87. The van der Waals surface area contributed by atoms with Gasteiger partial charge in [0.2, 0.25) is 5.90 Å². The second kappa shape index (κ2) is 9.48. The van der Waals surface area contributed by atoms with Crippen LogP contribution in [-0.2, 0) is 20.7 Å². The molecule has 3 unspecified atom stereocenters. The molecule has 0 saturated carbocycles. The molecular formula is C26H29NO4. The Labute approximate surface area is 183 Å². The molecule has 0 aromatic heterocycles. The number of hydrogen-bond donors (Lipinski definition) is 1. The van der Waals surface area contributed by atoms with E-state index in [9.17, 15) is 9.90 Å². The monoisotopic (exact) mass is 419 g/mol. The number of aliphatic hydroxyl groups excluding tert-OH is 1. The largest absolute Gasteiger partial charge is 0.490 e. The van der Waals surface area contributed by atoms with Gasteiger partial charge < -0.3 is 14.6 Å². The Kier molecular flexibility index (Phi) is 6.52. The summed E-state index contributed by atoms with van der Waals surface area (Å²) in [5, 5.41) is 10.6. The highest BCUT2D eigenvalue weighted by atomic mass is 16.5. The van der Waals surface area contributed by atoms with E-state index in [1.54, 1.807) is 0 Å². The quantitative estimate of drug-likeness (QED) is 0.735. The van der Waals surface area contributed by atoms with Crippen molar-refractivity contribution in [3.8, 4) is 0 Å². The van der Waals surface area contributed by atoms with Crippen LogP contribution in [0.4, 0.5) is 0 Å². The number of ether oxygens (including phenoxy) is 2. The average molecular weight is 420 g/mol. The van der Waals surface area contributed by atoms with Gasteiger partial charge in [0.15, 0.2) is 11.5 Å². The summed E-state index contributed by atoms with van der Waals surface area (Å²) >= 11 is 0. The van der Waals surface area contributed by atoms with E-state index in [1.165, 1.54) is 0 Å². The number of allylic oxidation sites excluding steroid dienone is 3. The highest BCUT2D eigenvalue weighted by Gasteiger charge is 2.28. The highest BCUT2D eigenvalue weighted by Crippen LogP contribution is 2.26. The van der Waals surface area contributed by atoms with Gasteiger partial charge in [0.25, 0.3) is 0 Å². The number of carbonyl (C=O) groups excluding carboxylic acids is 1. The van der Waals surface area contributed by atoms with Crippen molar-refractivity contribution in [2.75, 3.05) is 6.61 Å². The molecule has 2 aliphatic heterocycles. The second-order valence-corrected chi connectivity index (χ2v) is 8.36. The molecule has 3 atom stereocenters. The molecule has 1 aromatic rings. The molecule has 0 bridgehead atoms. The minimum atomic E-state index is -0.786. The average Bonchev–Trinajstić information content (AvgIpc) is 3.31. The zero-order valence-electron chi connectivity index (χ0n) is 18.1. The van der Waals surface area contributed by atoms with Crippen molar-refractivity contribution in [1.82, 2.24) is 0 Å². The van der Waals surface area contributed by atoms with Crippen molar-refractivity contribution in [2.24, 2.45) is 10.9 Å². The van der Waals surface area contributed by atoms with Crippen LogP contribution in [-0.4, -0.2) is 35.6 Å². The molecule has 0 spiro atoms. The molecule has 5 heteroatoms. The van der Waals surface area contributed by atoms with Gasteiger partial charge in [-0.05, 0) is 49.0 Å². The predicted octanol–water partition coefficient (Wildman–Crippen LogP) is 4.53. The van der Waals surface area contributed by atoms with Gasteiger partial charge in [-0.1, -0.05) is 49.4 Å². The van der Waals surface area contributed by atoms with Gasteiger partial charge >= 0.3 is 0 Å². The summed E-state index contributed by atoms with van der Waals surface area (Å²) in [5.41, 5.74) is 3.59. The van der Waals surface area contributed by atoms with E-state index in [2.05, 4.69) is 24.1 Å². The molecule has 0 amide bonds. The van der Waals surface area contributed by atoms with E-state index < -0.39 is 6.10 Å². The summed E-state index contributed by atoms with van der Waals surface area (Å²) in [6.07, 6.45) is 11.9. The number of aryl methyl sites for hydroxylation is 1. The van der Waals surface area contributed by atoms with Gasteiger partial charge in [0.05, 0.1) is 12.3 Å². The Morgan fingerprint density at radius 3 is 2.77 bits per heavy atom. The zero-order chi connectivity index (χ0) is 21.8. The van der Waals surface area contributed by atoms with Crippen LogP contribution >= 0.6 is 0 Å². The van der Waals surface area contributed by atoms with Crippen LogP contribution in [0.3, 0.4) is 0 Å². The molecule has 1 N–H and O–H groups in total. The molecule has 4 rings (SSSR count). The standard InChI is InChI=1S/C26H29NO4/c1-17-5-3-6-21(15-17)26-27-22(25(29)18(2)31-26)16-20-10-8-19(9-11-20)12-13-23(28)24-7-4-14-30-24/h3,6-11,15-18,25,29H,4-5,12-14H2,1-2H3/b22-16+. The first kappa shape index (κ1) is 21.3. The van der Waals surface area contributed by atoms with Crippen LogP contribution in [0.2, 0.25) is 0 Å². The maximum absolute atomic E-state index is 12.1. The number of rotatable bonds is 6. The first-order chi connectivity index (χ1) is 15.0. The van der Waals surface area contributed by atoms with E-state index in [1.807, 2.05) is 49.4 Å². The van der Waals surface area contributed by atoms with E-state index in [0.717, 1.165) is 29.5 Å². The fraction of sp³-hybridized carbons (Fsp3) is 0.385. The first-order valence-corrected chi connectivity index (χ1v) is 11.0. The van der Waals surface area contributed by atoms with E-state index >= 15 is 0 Å². The Bertz CT molecular complexity index is 981. The Hall–Kier alpha value is -2.92. The lowest BCUT2D eigenvalue weighted by Gasteiger charge is -2.28. The number of aliphatic imine (C=N–C) groups is 1. The van der Waals surface area contributed by atoms with Crippen molar-refractivity contribution in [3.05, 3.63) is 76.7 Å². The van der Waals surface area contributed by atoms with Crippen LogP contribution < -0.4 is 0 Å². The Morgan fingerprint density at radius 2 is 2.06 bits per heavy atom. The van der Waals surface area contributed by atoms with Crippen molar-refractivity contribution < 1.29 is 19.4 Å². The molecular weight excluding hydrogens is 390 g/mol. The molecule has 0 fully saturated rings. The summed E-state index contributed by atoms with van der Waals surface area (Å²) in [4.78, 5) is 16.7. The molecule has 31 heavy (non-hydrogen) atoms. The lowest BCUT2D eigenvalue weighted by molar-refractivity contribution is -0.118. The van der Waals surface area contributed by atoms with Crippen molar-refractivity contribution >= 4 is 17.8 Å². The van der Waals surface area contributed by atoms with Crippen LogP contribution in [0.25, 0.3) is 6.08 Å². The summed E-state index contributed by atoms with van der Waals surface area (Å²) in [5.74, 6) is 1.57. The Balaban J connectivity index is 1.46. The normalized spacial score (nSPS) is 26.6. The third kappa shape index (κ3) is 5.23. The third-order valence-electron chi connectivity index (χ3n) is 5.71. The van der Waals surface area contributed by atoms with Crippen LogP contribution in [0, 0.1) is 5.92 Å². The lowest BCUT2D eigenvalue weighted by Crippen LogP contribution is -2.35. The van der Waals surface area contributed by atoms with Gasteiger partial charge in [-0.25, -0.2) is 4.99 Å². The van der Waals surface area contributed by atoms with E-state index in [4.69, 9.17) is 9.47 Å². The van der Waals surface area contributed by atoms with E-state index in [0.29, 0.717) is 42.7 Å². The first-order valence-electron chi connectivity index (χ1n) is 11.0. The van der Waals surface area contributed by atoms with Crippen molar-refractivity contribution in [2.45, 2.75) is 51.7 Å². The smallest absolute Gasteiger partial charge is 0.221 e. The van der Waals surface area contributed by atoms with Crippen LogP contribution in [0.1, 0.15) is 44.2 Å². The number of aliphatic hydroxyl groups is 1. The van der Waals surface area contributed by atoms with Gasteiger partial charge in [-0.3, -0.25) is 4.79 Å². The number of nitrogens with zero attached hydrogens (tertiary/aromatic N) is 1. The number of benzene rings is 1. The van der Waals surface area contributed by atoms with Gasteiger partial charge in [0.1, 0.15) is 12.2 Å². The molecule has 1 aromatic carbocycles.